The van der Waals surface area contributed by atoms with E-state index in [0.29, 0.717) is 0 Å². The fourth-order valence-electron chi connectivity index (χ4n) is 2.43. The molecule has 19 heavy (non-hydrogen) atoms. The predicted octanol–water partition coefficient (Wildman–Crippen LogP) is 3.38. The van der Waals surface area contributed by atoms with Crippen LogP contribution in [0.4, 0.5) is 5.69 Å². The Kier molecular flexibility index (Phi) is 2.84. The number of hydrogen-bond donors (Lipinski definition) is 2. The second kappa shape index (κ2) is 4.52. The van der Waals surface area contributed by atoms with Gasteiger partial charge in [0.1, 0.15) is 0 Å². The lowest BCUT2D eigenvalue weighted by molar-refractivity contribution is 0.701. The molecule has 0 aliphatic carbocycles. The van der Waals surface area contributed by atoms with Gasteiger partial charge in [0, 0.05) is 22.5 Å². The minimum absolute atomic E-state index is 0.0177. The summed E-state index contributed by atoms with van der Waals surface area (Å²) in [5.74, 6) is 0. The van der Waals surface area contributed by atoms with E-state index in [0.717, 1.165) is 39.5 Å². The van der Waals surface area contributed by atoms with Crippen molar-refractivity contribution in [2.45, 2.75) is 19.4 Å². The molecule has 0 fully saturated rings. The summed E-state index contributed by atoms with van der Waals surface area (Å²) in [5.41, 5.74) is 16.0. The summed E-state index contributed by atoms with van der Waals surface area (Å²) in [6.07, 6.45) is 0.872. The first-order chi connectivity index (χ1) is 9.20. The molecule has 0 radical (unpaired) electrons. The summed E-state index contributed by atoms with van der Waals surface area (Å²) < 4.78 is 0. The second-order valence-electron chi connectivity index (χ2n) is 4.83. The van der Waals surface area contributed by atoms with Crippen molar-refractivity contribution in [3.63, 3.8) is 0 Å². The molecular weight excluding hydrogens is 234 g/mol. The molecule has 0 aliphatic rings. The number of nitrogens with zero attached hydrogens (tertiary/aromatic N) is 1. The van der Waals surface area contributed by atoms with Gasteiger partial charge >= 0.3 is 0 Å². The van der Waals surface area contributed by atoms with Gasteiger partial charge in [0.25, 0.3) is 0 Å². The molecule has 1 heterocycles. The van der Waals surface area contributed by atoms with Crippen LogP contribution in [0.5, 0.6) is 0 Å². The Morgan fingerprint density at radius 3 is 2.68 bits per heavy atom. The van der Waals surface area contributed by atoms with Crippen molar-refractivity contribution >= 4 is 27.5 Å². The van der Waals surface area contributed by atoms with Crippen LogP contribution in [0, 0.1) is 0 Å². The van der Waals surface area contributed by atoms with Crippen LogP contribution in [0.25, 0.3) is 21.8 Å². The maximum atomic E-state index is 6.27. The highest BCUT2D eigenvalue weighted by Gasteiger charge is 2.11. The van der Waals surface area contributed by atoms with Gasteiger partial charge in [0.05, 0.1) is 11.0 Å². The molecule has 3 nitrogen and oxygen atoms in total. The lowest BCUT2D eigenvalue weighted by Crippen LogP contribution is -2.11. The number of fused-ring (bicyclic) bond motifs is 2. The van der Waals surface area contributed by atoms with Gasteiger partial charge in [-0.15, -0.1) is 0 Å². The zero-order chi connectivity index (χ0) is 13.4. The molecular formula is C16H17N3. The Bertz CT molecular complexity index is 749. The molecule has 1 unspecified atom stereocenters. The molecule has 0 saturated heterocycles. The molecule has 96 valence electrons. The molecule has 0 saturated carbocycles. The van der Waals surface area contributed by atoms with E-state index in [1.807, 2.05) is 36.4 Å². The molecule has 3 heteroatoms. The maximum Gasteiger partial charge on any atom is 0.0730 e. The van der Waals surface area contributed by atoms with Crippen LogP contribution >= 0.6 is 0 Å². The van der Waals surface area contributed by atoms with E-state index >= 15 is 0 Å². The third-order valence-electron chi connectivity index (χ3n) is 3.61. The average Bonchev–Trinajstić information content (AvgIpc) is 2.45. The minimum atomic E-state index is -0.0177. The van der Waals surface area contributed by atoms with E-state index in [9.17, 15) is 0 Å². The number of benzene rings is 2. The number of rotatable bonds is 2. The molecule has 0 bridgehead atoms. The largest absolute Gasteiger partial charge is 0.398 e. The number of para-hydroxylation sites is 1. The Labute approximate surface area is 112 Å². The SMILES string of the molecule is CCC(N)c1ccc2nc3ccccc3cc2c1N. The lowest BCUT2D eigenvalue weighted by atomic mass is 9.99. The molecule has 1 aromatic heterocycles. The highest BCUT2D eigenvalue weighted by Crippen LogP contribution is 2.30. The zero-order valence-corrected chi connectivity index (χ0v) is 10.9. The van der Waals surface area contributed by atoms with Crippen molar-refractivity contribution in [2.24, 2.45) is 5.73 Å². The van der Waals surface area contributed by atoms with Gasteiger partial charge in [0.15, 0.2) is 0 Å². The number of nitrogens with two attached hydrogens (primary N) is 2. The van der Waals surface area contributed by atoms with Gasteiger partial charge in [-0.1, -0.05) is 31.2 Å². The van der Waals surface area contributed by atoms with E-state index < -0.39 is 0 Å². The van der Waals surface area contributed by atoms with E-state index in [1.54, 1.807) is 0 Å². The number of aromatic nitrogens is 1. The molecule has 2 aromatic carbocycles. The maximum absolute atomic E-state index is 6.27. The number of anilines is 1. The first-order valence-electron chi connectivity index (χ1n) is 6.54. The normalized spacial score (nSPS) is 12.9. The molecule has 0 amide bonds. The van der Waals surface area contributed by atoms with Gasteiger partial charge in [-0.3, -0.25) is 0 Å². The van der Waals surface area contributed by atoms with E-state index in [4.69, 9.17) is 11.5 Å². The summed E-state index contributed by atoms with van der Waals surface area (Å²) in [6.45, 7) is 2.06. The third kappa shape index (κ3) is 1.92. The van der Waals surface area contributed by atoms with Crippen LogP contribution in [0.1, 0.15) is 24.9 Å². The van der Waals surface area contributed by atoms with Crippen molar-refractivity contribution in [1.82, 2.24) is 4.98 Å². The van der Waals surface area contributed by atoms with E-state index in [-0.39, 0.29) is 6.04 Å². The van der Waals surface area contributed by atoms with Crippen LogP contribution in [0.15, 0.2) is 42.5 Å². The number of nitrogen functional groups attached to an aromatic ring is 1. The summed E-state index contributed by atoms with van der Waals surface area (Å²) in [6, 6.07) is 14.1. The summed E-state index contributed by atoms with van der Waals surface area (Å²) in [4.78, 5) is 4.64. The van der Waals surface area contributed by atoms with Gasteiger partial charge < -0.3 is 11.5 Å². The summed E-state index contributed by atoms with van der Waals surface area (Å²) >= 11 is 0. The van der Waals surface area contributed by atoms with Gasteiger partial charge in [-0.25, -0.2) is 4.98 Å². The summed E-state index contributed by atoms with van der Waals surface area (Å²) in [7, 11) is 0. The summed E-state index contributed by atoms with van der Waals surface area (Å²) in [5, 5.41) is 2.09. The van der Waals surface area contributed by atoms with Crippen LogP contribution in [0.2, 0.25) is 0 Å². The van der Waals surface area contributed by atoms with Crippen molar-refractivity contribution in [2.75, 3.05) is 5.73 Å². The molecule has 1 atom stereocenters. The van der Waals surface area contributed by atoms with E-state index in [1.165, 1.54) is 0 Å². The quantitative estimate of drug-likeness (QED) is 0.542. The van der Waals surface area contributed by atoms with Crippen LogP contribution in [0.3, 0.4) is 0 Å². The molecule has 0 aliphatic heterocycles. The van der Waals surface area contributed by atoms with Crippen LogP contribution < -0.4 is 11.5 Å². The molecule has 3 aromatic rings. The van der Waals surface area contributed by atoms with Gasteiger partial charge in [0.2, 0.25) is 0 Å². The smallest absolute Gasteiger partial charge is 0.0730 e. The fraction of sp³-hybridized carbons (Fsp3) is 0.188. The van der Waals surface area contributed by atoms with E-state index in [2.05, 4.69) is 18.0 Å². The van der Waals surface area contributed by atoms with Crippen molar-refractivity contribution in [3.05, 3.63) is 48.0 Å². The number of hydrogen-bond acceptors (Lipinski definition) is 3. The lowest BCUT2D eigenvalue weighted by Gasteiger charge is -2.14. The van der Waals surface area contributed by atoms with Crippen LogP contribution in [-0.2, 0) is 0 Å². The second-order valence-corrected chi connectivity index (χ2v) is 4.83. The first kappa shape index (κ1) is 11.9. The minimum Gasteiger partial charge on any atom is -0.398 e. The van der Waals surface area contributed by atoms with Crippen molar-refractivity contribution in [1.29, 1.82) is 0 Å². The topological polar surface area (TPSA) is 64.9 Å². The Hall–Kier alpha value is -2.13. The monoisotopic (exact) mass is 251 g/mol. The van der Waals surface area contributed by atoms with Gasteiger partial charge in [-0.05, 0) is 30.2 Å². The zero-order valence-electron chi connectivity index (χ0n) is 10.9. The Morgan fingerprint density at radius 1 is 1.11 bits per heavy atom. The molecule has 4 N–H and O–H groups in total. The fourth-order valence-corrected chi connectivity index (χ4v) is 2.43. The Balaban J connectivity index is 2.32. The highest BCUT2D eigenvalue weighted by atomic mass is 14.7. The number of pyridine rings is 1. The standard InChI is InChI=1S/C16H17N3/c1-2-13(17)11-7-8-15-12(16(11)18)9-10-5-3-4-6-14(10)19-15/h3-9,13H,2,17-18H2,1H3. The first-order valence-corrected chi connectivity index (χ1v) is 6.54. The highest BCUT2D eigenvalue weighted by molar-refractivity contribution is 5.99. The molecule has 3 rings (SSSR count). The Morgan fingerprint density at radius 2 is 1.89 bits per heavy atom. The predicted molar refractivity (Wildman–Crippen MR) is 80.9 cm³/mol. The van der Waals surface area contributed by atoms with Crippen molar-refractivity contribution < 1.29 is 0 Å². The molecule has 0 spiro atoms. The average molecular weight is 251 g/mol. The van der Waals surface area contributed by atoms with Crippen molar-refractivity contribution in [3.8, 4) is 0 Å². The van der Waals surface area contributed by atoms with Crippen LogP contribution in [-0.4, -0.2) is 4.98 Å². The van der Waals surface area contributed by atoms with Gasteiger partial charge in [-0.2, -0.15) is 0 Å². The third-order valence-corrected chi connectivity index (χ3v) is 3.61.